The van der Waals surface area contributed by atoms with Gasteiger partial charge in [-0.3, -0.25) is 9.59 Å². The summed E-state index contributed by atoms with van der Waals surface area (Å²) in [4.78, 5) is 25.9. The molecule has 0 spiro atoms. The third-order valence-electron chi connectivity index (χ3n) is 3.89. The van der Waals surface area contributed by atoms with E-state index in [2.05, 4.69) is 5.32 Å². The van der Waals surface area contributed by atoms with Crippen LogP contribution in [0.3, 0.4) is 0 Å². The van der Waals surface area contributed by atoms with Gasteiger partial charge >= 0.3 is 0 Å². The van der Waals surface area contributed by atoms with Crippen molar-refractivity contribution in [2.45, 2.75) is 32.2 Å². The summed E-state index contributed by atoms with van der Waals surface area (Å²) in [6.07, 6.45) is 3.25. The van der Waals surface area contributed by atoms with E-state index in [4.69, 9.17) is 9.47 Å². The first-order valence-corrected chi connectivity index (χ1v) is 8.50. The van der Waals surface area contributed by atoms with Gasteiger partial charge in [0.1, 0.15) is 25.0 Å². The molecule has 2 amide bonds. The van der Waals surface area contributed by atoms with Gasteiger partial charge in [-0.2, -0.15) is 0 Å². The highest BCUT2D eigenvalue weighted by Crippen LogP contribution is 2.10. The van der Waals surface area contributed by atoms with E-state index in [1.165, 1.54) is 6.42 Å². The van der Waals surface area contributed by atoms with E-state index in [1.807, 2.05) is 35.2 Å². The highest BCUT2D eigenvalue weighted by Gasteiger charge is 2.23. The predicted molar refractivity (Wildman–Crippen MR) is 90.8 cm³/mol. The van der Waals surface area contributed by atoms with E-state index in [0.29, 0.717) is 13.2 Å². The molecule has 0 radical (unpaired) electrons. The normalized spacial score (nSPS) is 15.6. The van der Waals surface area contributed by atoms with Gasteiger partial charge in [-0.25, -0.2) is 0 Å². The number of hydrogen-bond donors (Lipinski definition) is 1. The molecule has 132 valence electrons. The van der Waals surface area contributed by atoms with Crippen molar-refractivity contribution in [1.82, 2.24) is 10.2 Å². The molecule has 24 heavy (non-hydrogen) atoms. The molecule has 1 N–H and O–H groups in total. The lowest BCUT2D eigenvalue weighted by Gasteiger charge is -2.29. The SMILES string of the molecule is C[C@H](NC(=O)COCCOc1ccccc1)C(=O)N1CCCCC1. The van der Waals surface area contributed by atoms with Crippen molar-refractivity contribution in [3.05, 3.63) is 30.3 Å². The van der Waals surface area contributed by atoms with Gasteiger partial charge in [0, 0.05) is 13.1 Å². The molecule has 0 unspecified atom stereocenters. The number of likely N-dealkylation sites (tertiary alicyclic amines) is 1. The maximum absolute atomic E-state index is 12.2. The van der Waals surface area contributed by atoms with Crippen LogP contribution in [0.5, 0.6) is 5.75 Å². The van der Waals surface area contributed by atoms with E-state index in [9.17, 15) is 9.59 Å². The quantitative estimate of drug-likeness (QED) is 0.733. The second kappa shape index (κ2) is 9.93. The monoisotopic (exact) mass is 334 g/mol. The van der Waals surface area contributed by atoms with E-state index in [1.54, 1.807) is 6.92 Å². The van der Waals surface area contributed by atoms with Crippen LogP contribution >= 0.6 is 0 Å². The van der Waals surface area contributed by atoms with E-state index in [-0.39, 0.29) is 18.4 Å². The lowest BCUT2D eigenvalue weighted by molar-refractivity contribution is -0.137. The number of para-hydroxylation sites is 1. The van der Waals surface area contributed by atoms with Crippen molar-refractivity contribution in [2.24, 2.45) is 0 Å². The van der Waals surface area contributed by atoms with Crippen LogP contribution < -0.4 is 10.1 Å². The minimum atomic E-state index is -0.514. The number of rotatable bonds is 8. The summed E-state index contributed by atoms with van der Waals surface area (Å²) in [5.74, 6) is 0.467. The Morgan fingerprint density at radius 1 is 1.12 bits per heavy atom. The summed E-state index contributed by atoms with van der Waals surface area (Å²) in [5, 5.41) is 2.69. The minimum Gasteiger partial charge on any atom is -0.491 e. The third kappa shape index (κ3) is 6.20. The van der Waals surface area contributed by atoms with Crippen LogP contribution in [0.1, 0.15) is 26.2 Å². The van der Waals surface area contributed by atoms with Crippen LogP contribution in [0, 0.1) is 0 Å². The Labute approximate surface area is 143 Å². The Balaban J connectivity index is 1.57. The van der Waals surface area contributed by atoms with E-state index < -0.39 is 6.04 Å². The molecule has 1 aliphatic heterocycles. The number of hydrogen-bond acceptors (Lipinski definition) is 4. The number of carbonyl (C=O) groups excluding carboxylic acids is 2. The number of amides is 2. The number of nitrogens with zero attached hydrogens (tertiary/aromatic N) is 1. The first-order chi connectivity index (χ1) is 11.7. The van der Waals surface area contributed by atoms with E-state index in [0.717, 1.165) is 31.7 Å². The Kier molecular flexibility index (Phi) is 7.55. The number of piperidine rings is 1. The van der Waals surface area contributed by atoms with Crippen LogP contribution in [0.25, 0.3) is 0 Å². The van der Waals surface area contributed by atoms with Crippen molar-refractivity contribution < 1.29 is 19.1 Å². The molecule has 0 bridgehead atoms. The molecule has 0 saturated carbocycles. The number of ether oxygens (including phenoxy) is 2. The van der Waals surface area contributed by atoms with E-state index >= 15 is 0 Å². The van der Waals surface area contributed by atoms with Crippen LogP contribution in [0.15, 0.2) is 30.3 Å². The van der Waals surface area contributed by atoms with Crippen molar-refractivity contribution in [2.75, 3.05) is 32.9 Å². The maximum atomic E-state index is 12.2. The average molecular weight is 334 g/mol. The van der Waals surface area contributed by atoms with Crippen molar-refractivity contribution in [3.63, 3.8) is 0 Å². The molecule has 6 heteroatoms. The smallest absolute Gasteiger partial charge is 0.246 e. The van der Waals surface area contributed by atoms with Crippen LogP contribution in [-0.2, 0) is 14.3 Å². The van der Waals surface area contributed by atoms with Crippen molar-refractivity contribution in [3.8, 4) is 5.75 Å². The summed E-state index contributed by atoms with van der Waals surface area (Å²) in [5.41, 5.74) is 0. The van der Waals surface area contributed by atoms with Gasteiger partial charge in [-0.15, -0.1) is 0 Å². The fraction of sp³-hybridized carbons (Fsp3) is 0.556. The average Bonchev–Trinajstić information content (AvgIpc) is 2.62. The van der Waals surface area contributed by atoms with Crippen molar-refractivity contribution in [1.29, 1.82) is 0 Å². The molecule has 1 heterocycles. The summed E-state index contributed by atoms with van der Waals surface area (Å²) >= 11 is 0. The molecule has 6 nitrogen and oxygen atoms in total. The molecule has 1 aliphatic rings. The summed E-state index contributed by atoms with van der Waals surface area (Å²) < 4.78 is 10.8. The molecular formula is C18H26N2O4. The topological polar surface area (TPSA) is 67.9 Å². The minimum absolute atomic E-state index is 0.0181. The van der Waals surface area contributed by atoms with Gasteiger partial charge in [-0.1, -0.05) is 18.2 Å². The Hall–Kier alpha value is -2.08. The standard InChI is InChI=1S/C18H26N2O4/c1-15(18(22)20-10-6-3-7-11-20)19-17(21)14-23-12-13-24-16-8-4-2-5-9-16/h2,4-5,8-9,15H,3,6-7,10-14H2,1H3,(H,19,21)/t15-/m0/s1. The summed E-state index contributed by atoms with van der Waals surface area (Å²) in [7, 11) is 0. The zero-order chi connectivity index (χ0) is 17.2. The van der Waals surface area contributed by atoms with Gasteiger partial charge in [0.25, 0.3) is 0 Å². The van der Waals surface area contributed by atoms with Gasteiger partial charge in [0.05, 0.1) is 6.61 Å². The zero-order valence-corrected chi connectivity index (χ0v) is 14.2. The molecule has 1 saturated heterocycles. The fourth-order valence-electron chi connectivity index (χ4n) is 2.63. The molecule has 1 aromatic carbocycles. The van der Waals surface area contributed by atoms with Crippen LogP contribution in [0.4, 0.5) is 0 Å². The van der Waals surface area contributed by atoms with Gasteiger partial charge in [-0.05, 0) is 38.3 Å². The lowest BCUT2D eigenvalue weighted by atomic mass is 10.1. The highest BCUT2D eigenvalue weighted by atomic mass is 16.5. The molecule has 0 aliphatic carbocycles. The van der Waals surface area contributed by atoms with Crippen molar-refractivity contribution >= 4 is 11.8 Å². The second-order valence-electron chi connectivity index (χ2n) is 5.89. The van der Waals surface area contributed by atoms with Crippen LogP contribution in [-0.4, -0.2) is 55.7 Å². The second-order valence-corrected chi connectivity index (χ2v) is 5.89. The number of nitrogens with one attached hydrogen (secondary N) is 1. The Bertz CT molecular complexity index is 515. The molecule has 0 aromatic heterocycles. The lowest BCUT2D eigenvalue weighted by Crippen LogP contribution is -2.49. The summed E-state index contributed by atoms with van der Waals surface area (Å²) in [6, 6.07) is 8.91. The maximum Gasteiger partial charge on any atom is 0.246 e. The van der Waals surface area contributed by atoms with Crippen LogP contribution in [0.2, 0.25) is 0 Å². The molecule has 1 atom stereocenters. The Morgan fingerprint density at radius 3 is 2.54 bits per heavy atom. The first-order valence-electron chi connectivity index (χ1n) is 8.50. The van der Waals surface area contributed by atoms with Gasteiger partial charge in [0.2, 0.25) is 11.8 Å². The first kappa shape index (κ1) is 18.3. The highest BCUT2D eigenvalue weighted by molar-refractivity contribution is 5.87. The predicted octanol–water partition coefficient (Wildman–Crippen LogP) is 1.60. The number of carbonyl (C=O) groups is 2. The third-order valence-corrected chi connectivity index (χ3v) is 3.89. The van der Waals surface area contributed by atoms with Gasteiger partial charge in [0.15, 0.2) is 0 Å². The number of benzene rings is 1. The zero-order valence-electron chi connectivity index (χ0n) is 14.2. The summed E-state index contributed by atoms with van der Waals surface area (Å²) in [6.45, 7) is 3.90. The largest absolute Gasteiger partial charge is 0.491 e. The molecule has 2 rings (SSSR count). The fourth-order valence-corrected chi connectivity index (χ4v) is 2.63. The molecular weight excluding hydrogens is 308 g/mol. The molecule has 1 aromatic rings. The molecule has 1 fully saturated rings. The Morgan fingerprint density at radius 2 is 1.83 bits per heavy atom. The van der Waals surface area contributed by atoms with Gasteiger partial charge < -0.3 is 19.7 Å².